The van der Waals surface area contributed by atoms with E-state index >= 15 is 0 Å². The molecule has 0 atom stereocenters. The molecular weight excluding hydrogens is 293 g/mol. The van der Waals surface area contributed by atoms with Gasteiger partial charge in [0.15, 0.2) is 5.82 Å². The predicted octanol–water partition coefficient (Wildman–Crippen LogP) is 1.86. The molecule has 1 rings (SSSR count). The third-order valence-electron chi connectivity index (χ3n) is 1.52. The lowest BCUT2D eigenvalue weighted by Gasteiger charge is -2.10. The van der Waals surface area contributed by atoms with Crippen molar-refractivity contribution < 1.29 is 17.9 Å². The fraction of sp³-hybridized carbons (Fsp3) is 0.429. The van der Waals surface area contributed by atoms with E-state index in [0.29, 0.717) is 0 Å². The van der Waals surface area contributed by atoms with Gasteiger partial charge < -0.3 is 10.2 Å². The second-order valence-electron chi connectivity index (χ2n) is 2.70. The van der Waals surface area contributed by atoms with Gasteiger partial charge in [-0.2, -0.15) is 13.2 Å². The van der Waals surface area contributed by atoms with Gasteiger partial charge in [0.05, 0.1) is 13.0 Å². The minimum atomic E-state index is -4.26. The monoisotopic (exact) mass is 300 g/mol. The summed E-state index contributed by atoms with van der Waals surface area (Å²) in [5.74, 6) is 5.35. The Morgan fingerprint density at radius 1 is 1.44 bits per heavy atom. The Hall–Kier alpha value is -1.09. The lowest BCUT2D eigenvalue weighted by molar-refractivity contribution is -0.139. The van der Waals surface area contributed by atoms with Gasteiger partial charge in [-0.15, -0.1) is 0 Å². The Morgan fingerprint density at radius 3 is 2.69 bits per heavy atom. The van der Waals surface area contributed by atoms with E-state index in [1.165, 1.54) is 0 Å². The summed E-state index contributed by atoms with van der Waals surface area (Å²) in [6, 6.07) is 0. The second-order valence-corrected chi connectivity index (χ2v) is 3.49. The summed E-state index contributed by atoms with van der Waals surface area (Å²) in [4.78, 5) is 7.38. The quantitative estimate of drug-likeness (QED) is 0.656. The molecule has 5 nitrogen and oxygen atoms in total. The van der Waals surface area contributed by atoms with Crippen molar-refractivity contribution >= 4 is 21.7 Å². The highest BCUT2D eigenvalue weighted by atomic mass is 79.9. The highest BCUT2D eigenvalue weighted by Gasteiger charge is 2.27. The number of nitrogens with zero attached hydrogens (tertiary/aromatic N) is 2. The lowest BCUT2D eigenvalue weighted by Crippen LogP contribution is -2.14. The molecule has 16 heavy (non-hydrogen) atoms. The molecule has 0 amide bonds. The Kier molecular flexibility index (Phi) is 4.30. The minimum absolute atomic E-state index is 0.00667. The van der Waals surface area contributed by atoms with Gasteiger partial charge in [0, 0.05) is 0 Å². The molecule has 3 N–H and O–H groups in total. The van der Waals surface area contributed by atoms with E-state index in [2.05, 4.69) is 31.3 Å². The zero-order valence-electron chi connectivity index (χ0n) is 7.88. The standard InChI is InChI=1S/C7H8BrF3N4O/c8-4-5(15-12)13-3-14-6(4)16-2-1-7(9,10)11/h3H,1-2,12H2,(H,13,14,15). The van der Waals surface area contributed by atoms with Crippen LogP contribution in [0.1, 0.15) is 6.42 Å². The fourth-order valence-electron chi connectivity index (χ4n) is 0.818. The van der Waals surface area contributed by atoms with Crippen LogP contribution in [0.25, 0.3) is 0 Å². The predicted molar refractivity (Wildman–Crippen MR) is 53.7 cm³/mol. The van der Waals surface area contributed by atoms with Crippen molar-refractivity contribution in [1.82, 2.24) is 9.97 Å². The molecule has 90 valence electrons. The van der Waals surface area contributed by atoms with E-state index in [-0.39, 0.29) is 16.2 Å². The molecule has 0 bridgehead atoms. The number of rotatable bonds is 4. The van der Waals surface area contributed by atoms with Crippen molar-refractivity contribution in [3.63, 3.8) is 0 Å². The number of hydrazine groups is 1. The van der Waals surface area contributed by atoms with Gasteiger partial charge in [-0.05, 0) is 15.9 Å². The normalized spacial score (nSPS) is 11.3. The summed E-state index contributed by atoms with van der Waals surface area (Å²) in [5, 5.41) is 0. The number of nitrogens with two attached hydrogens (primary N) is 1. The third-order valence-corrected chi connectivity index (χ3v) is 2.23. The van der Waals surface area contributed by atoms with Gasteiger partial charge in [0.25, 0.3) is 0 Å². The second kappa shape index (κ2) is 5.30. The maximum absolute atomic E-state index is 11.8. The SMILES string of the molecule is NNc1ncnc(OCCC(F)(F)F)c1Br. The molecule has 0 unspecified atom stereocenters. The molecule has 0 fully saturated rings. The van der Waals surface area contributed by atoms with Gasteiger partial charge >= 0.3 is 6.18 Å². The maximum atomic E-state index is 11.8. The summed E-state index contributed by atoms with van der Waals surface area (Å²) in [5.41, 5.74) is 2.24. The van der Waals surface area contributed by atoms with Crippen molar-refractivity contribution in [3.05, 3.63) is 10.8 Å². The van der Waals surface area contributed by atoms with Crippen LogP contribution < -0.4 is 16.0 Å². The summed E-state index contributed by atoms with van der Waals surface area (Å²) >= 11 is 3.05. The van der Waals surface area contributed by atoms with Gasteiger partial charge in [0.2, 0.25) is 5.88 Å². The van der Waals surface area contributed by atoms with Crippen LogP contribution in [-0.2, 0) is 0 Å². The molecule has 0 aliphatic carbocycles. The lowest BCUT2D eigenvalue weighted by atomic mass is 10.4. The number of ether oxygens (including phenoxy) is 1. The highest BCUT2D eigenvalue weighted by Crippen LogP contribution is 2.28. The number of hydrogen-bond donors (Lipinski definition) is 2. The van der Waals surface area contributed by atoms with E-state index < -0.39 is 19.2 Å². The van der Waals surface area contributed by atoms with Crippen LogP contribution in [0.3, 0.4) is 0 Å². The van der Waals surface area contributed by atoms with E-state index in [9.17, 15) is 13.2 Å². The van der Waals surface area contributed by atoms with E-state index in [1.54, 1.807) is 0 Å². The molecule has 0 aliphatic heterocycles. The van der Waals surface area contributed by atoms with E-state index in [0.717, 1.165) is 6.33 Å². The average molecular weight is 301 g/mol. The zero-order chi connectivity index (χ0) is 12.2. The Balaban J connectivity index is 2.61. The van der Waals surface area contributed by atoms with Gasteiger partial charge in [-0.3, -0.25) is 0 Å². The van der Waals surface area contributed by atoms with Gasteiger partial charge in [-0.25, -0.2) is 15.8 Å². The molecule has 0 saturated heterocycles. The number of nitrogen functional groups attached to an aromatic ring is 1. The third kappa shape index (κ3) is 3.81. The molecule has 0 saturated carbocycles. The summed E-state index contributed by atoms with van der Waals surface area (Å²) in [6.07, 6.45) is -4.17. The van der Waals surface area contributed by atoms with Crippen molar-refractivity contribution in [2.75, 3.05) is 12.0 Å². The fourth-order valence-corrected chi connectivity index (χ4v) is 1.25. The van der Waals surface area contributed by atoms with Crippen molar-refractivity contribution in [2.45, 2.75) is 12.6 Å². The van der Waals surface area contributed by atoms with E-state index in [1.807, 2.05) is 0 Å². The Morgan fingerprint density at radius 2 is 2.12 bits per heavy atom. The van der Waals surface area contributed by atoms with Crippen LogP contribution in [0.15, 0.2) is 10.8 Å². The summed E-state index contributed by atoms with van der Waals surface area (Å²) < 4.78 is 40.7. The van der Waals surface area contributed by atoms with Crippen LogP contribution in [0.5, 0.6) is 5.88 Å². The smallest absolute Gasteiger partial charge is 0.392 e. The van der Waals surface area contributed by atoms with E-state index in [4.69, 9.17) is 10.6 Å². The first-order valence-electron chi connectivity index (χ1n) is 4.10. The van der Waals surface area contributed by atoms with Crippen molar-refractivity contribution in [3.8, 4) is 5.88 Å². The first kappa shape index (κ1) is 13.0. The van der Waals surface area contributed by atoms with Crippen LogP contribution in [0.4, 0.5) is 19.0 Å². The number of hydrogen-bond acceptors (Lipinski definition) is 5. The molecular formula is C7H8BrF3N4O. The number of alkyl halides is 3. The molecule has 0 aliphatic rings. The first-order valence-corrected chi connectivity index (χ1v) is 4.90. The number of anilines is 1. The molecule has 9 heteroatoms. The molecule has 0 spiro atoms. The number of halogens is 4. The van der Waals surface area contributed by atoms with Crippen molar-refractivity contribution in [2.24, 2.45) is 5.84 Å². The molecule has 0 aromatic carbocycles. The topological polar surface area (TPSA) is 73.1 Å². The zero-order valence-corrected chi connectivity index (χ0v) is 9.47. The Labute approximate surface area is 97.3 Å². The average Bonchev–Trinajstić information content (AvgIpc) is 2.19. The number of aromatic nitrogens is 2. The number of nitrogens with one attached hydrogen (secondary N) is 1. The van der Waals surface area contributed by atoms with Crippen LogP contribution in [-0.4, -0.2) is 22.8 Å². The largest absolute Gasteiger partial charge is 0.476 e. The molecule has 1 aromatic heterocycles. The first-order chi connectivity index (χ1) is 7.44. The molecule has 1 heterocycles. The summed E-state index contributed by atoms with van der Waals surface area (Å²) in [7, 11) is 0. The molecule has 0 radical (unpaired) electrons. The minimum Gasteiger partial charge on any atom is -0.476 e. The molecule has 1 aromatic rings. The Bertz CT molecular complexity index is 360. The van der Waals surface area contributed by atoms with Crippen molar-refractivity contribution in [1.29, 1.82) is 0 Å². The summed E-state index contributed by atoms with van der Waals surface area (Å²) in [6.45, 7) is -0.511. The van der Waals surface area contributed by atoms with Crippen LogP contribution in [0, 0.1) is 0 Å². The van der Waals surface area contributed by atoms with Gasteiger partial charge in [-0.1, -0.05) is 0 Å². The van der Waals surface area contributed by atoms with Gasteiger partial charge in [0.1, 0.15) is 10.8 Å². The van der Waals surface area contributed by atoms with Crippen LogP contribution >= 0.6 is 15.9 Å². The van der Waals surface area contributed by atoms with Crippen LogP contribution in [0.2, 0.25) is 0 Å². The maximum Gasteiger partial charge on any atom is 0.392 e. The highest BCUT2D eigenvalue weighted by molar-refractivity contribution is 9.10.